The van der Waals surface area contributed by atoms with Crippen LogP contribution in [0.3, 0.4) is 0 Å². The van der Waals surface area contributed by atoms with Crippen LogP contribution in [0.15, 0.2) is 76.8 Å². The molecule has 0 aliphatic carbocycles. The van der Waals surface area contributed by atoms with Crippen LogP contribution in [-0.4, -0.2) is 66.9 Å². The van der Waals surface area contributed by atoms with E-state index in [0.29, 0.717) is 43.3 Å². The highest BCUT2D eigenvalue weighted by atomic mass is 19.4. The molecule has 218 valence electrons. The van der Waals surface area contributed by atoms with Crippen LogP contribution in [0, 0.1) is 0 Å². The lowest BCUT2D eigenvalue weighted by Crippen LogP contribution is -2.47. The fraction of sp³-hybridized carbons (Fsp3) is 0.310. The molecule has 2 saturated heterocycles. The zero-order valence-corrected chi connectivity index (χ0v) is 22.9. The van der Waals surface area contributed by atoms with Gasteiger partial charge in [0, 0.05) is 43.5 Å². The Kier molecular flexibility index (Phi) is 7.07. The molecule has 1 unspecified atom stereocenters. The molecule has 6 rings (SSSR count). The van der Waals surface area contributed by atoms with Gasteiger partial charge in [0.15, 0.2) is 0 Å². The van der Waals surface area contributed by atoms with Crippen LogP contribution >= 0.6 is 0 Å². The Morgan fingerprint density at radius 3 is 2.50 bits per heavy atom. The largest absolute Gasteiger partial charge is 0.435 e. The van der Waals surface area contributed by atoms with E-state index < -0.39 is 29.5 Å². The van der Waals surface area contributed by atoms with Crippen molar-refractivity contribution in [3.05, 3.63) is 89.2 Å². The van der Waals surface area contributed by atoms with Gasteiger partial charge in [0.05, 0.1) is 22.6 Å². The van der Waals surface area contributed by atoms with E-state index in [1.54, 1.807) is 13.0 Å². The normalized spacial score (nSPS) is 23.9. The number of amides is 1. The number of alkyl halides is 3. The summed E-state index contributed by atoms with van der Waals surface area (Å²) in [5.74, 6) is -0.467. The van der Waals surface area contributed by atoms with Gasteiger partial charge in [-0.25, -0.2) is 4.99 Å². The molecule has 0 bridgehead atoms. The van der Waals surface area contributed by atoms with E-state index in [-0.39, 0.29) is 11.7 Å². The van der Waals surface area contributed by atoms with Gasteiger partial charge in [-0.1, -0.05) is 48.5 Å². The molecule has 2 fully saturated rings. The average Bonchev–Trinajstić information content (AvgIpc) is 3.30. The number of para-hydroxylation sites is 1. The van der Waals surface area contributed by atoms with Crippen LogP contribution in [0.4, 0.5) is 24.5 Å². The monoisotopic (exact) mass is 578 g/mol. The van der Waals surface area contributed by atoms with Gasteiger partial charge >= 0.3 is 12.2 Å². The van der Waals surface area contributed by atoms with E-state index in [1.165, 1.54) is 0 Å². The number of piperazine rings is 1. The second-order valence-electron chi connectivity index (χ2n) is 10.5. The van der Waals surface area contributed by atoms with Crippen molar-refractivity contribution in [2.24, 2.45) is 9.98 Å². The molecule has 1 amide bonds. The number of hydrazine groups is 1. The number of hydrogen-bond donors (Lipinski definition) is 3. The predicted molar refractivity (Wildman–Crippen MR) is 152 cm³/mol. The molecule has 13 heteroatoms. The lowest BCUT2D eigenvalue weighted by atomic mass is 10.0. The Balaban J connectivity index is 1.34. The van der Waals surface area contributed by atoms with Crippen LogP contribution in [0.5, 0.6) is 0 Å². The Morgan fingerprint density at radius 2 is 1.76 bits per heavy atom. The van der Waals surface area contributed by atoms with E-state index in [4.69, 9.17) is 9.73 Å². The number of halogens is 3. The number of nitrogens with one attached hydrogen (secondary N) is 3. The van der Waals surface area contributed by atoms with Gasteiger partial charge in [0.1, 0.15) is 5.69 Å². The number of pyridine rings is 1. The molecule has 0 spiro atoms. The maximum Gasteiger partial charge on any atom is 0.417 e. The number of amidine groups is 1. The fourth-order valence-electron chi connectivity index (χ4n) is 5.12. The summed E-state index contributed by atoms with van der Waals surface area (Å²) in [6.45, 7) is 4.06. The molecule has 3 N–H and O–H groups in total. The SMILES string of the molecule is CN1CCN(c2cc(C(F)(F)F)cnc2C2(C)NN/C(=N\[C@H]3N=C(c4ccccc4)c4ccccc4NC3=O)O2)CC1. The summed E-state index contributed by atoms with van der Waals surface area (Å²) in [5, 5.41) is 2.88. The Hall–Kier alpha value is -4.49. The van der Waals surface area contributed by atoms with E-state index in [9.17, 15) is 18.0 Å². The minimum Gasteiger partial charge on any atom is -0.435 e. The molecule has 0 radical (unpaired) electrons. The third-order valence-corrected chi connectivity index (χ3v) is 7.41. The van der Waals surface area contributed by atoms with E-state index in [2.05, 4.69) is 31.0 Å². The third-order valence-electron chi connectivity index (χ3n) is 7.41. The van der Waals surface area contributed by atoms with E-state index >= 15 is 0 Å². The summed E-state index contributed by atoms with van der Waals surface area (Å²) >= 11 is 0. The topological polar surface area (TPSA) is 106 Å². The molecule has 2 aromatic carbocycles. The lowest BCUT2D eigenvalue weighted by Gasteiger charge is -2.36. The zero-order valence-electron chi connectivity index (χ0n) is 22.9. The van der Waals surface area contributed by atoms with Crippen molar-refractivity contribution in [1.29, 1.82) is 0 Å². The molecule has 3 aromatic rings. The molecule has 2 atom stereocenters. The Labute approximate surface area is 240 Å². The van der Waals surface area contributed by atoms with Crippen molar-refractivity contribution in [3.8, 4) is 0 Å². The standard InChI is InChI=1S/C29H29F3N8O2/c1-28(24-22(40-14-12-39(2)13-15-40)16-19(17-33-24)29(30,31)32)38-37-27(42-28)36-25-26(41)34-21-11-7-6-10-20(21)23(35-25)18-8-4-3-5-9-18/h3-11,16-17,25,38H,12-15H2,1-2H3,(H,34,41)(H,36,37)/t25-,28?/m1/s1. The maximum atomic E-state index is 13.7. The van der Waals surface area contributed by atoms with Crippen LogP contribution in [0.25, 0.3) is 0 Å². The number of fused-ring (bicyclic) bond motifs is 1. The first-order chi connectivity index (χ1) is 20.1. The van der Waals surface area contributed by atoms with Crippen molar-refractivity contribution in [1.82, 2.24) is 20.7 Å². The number of likely N-dealkylation sites (N-methyl/N-ethyl adjacent to an activating group) is 1. The number of benzodiazepines with no additional fused rings is 1. The van der Waals surface area contributed by atoms with Crippen LogP contribution in [-0.2, 0) is 21.4 Å². The molecular formula is C29H29F3N8O2. The zero-order chi connectivity index (χ0) is 29.5. The van der Waals surface area contributed by atoms with Crippen molar-refractivity contribution in [2.75, 3.05) is 43.4 Å². The first-order valence-electron chi connectivity index (χ1n) is 13.5. The first kappa shape index (κ1) is 27.7. The average molecular weight is 579 g/mol. The van der Waals surface area contributed by atoms with Crippen molar-refractivity contribution >= 4 is 29.0 Å². The Bertz CT molecular complexity index is 1550. The smallest absolute Gasteiger partial charge is 0.417 e. The van der Waals surface area contributed by atoms with Crippen molar-refractivity contribution < 1.29 is 22.7 Å². The summed E-state index contributed by atoms with van der Waals surface area (Å²) in [4.78, 5) is 30.6. The van der Waals surface area contributed by atoms with Gasteiger partial charge in [-0.05, 0) is 26.1 Å². The van der Waals surface area contributed by atoms with Gasteiger partial charge in [-0.3, -0.25) is 15.2 Å². The number of ether oxygens (including phenoxy) is 1. The predicted octanol–water partition coefficient (Wildman–Crippen LogP) is 3.32. The molecular weight excluding hydrogens is 549 g/mol. The number of hydrogen-bond acceptors (Lipinski definition) is 8. The first-order valence-corrected chi connectivity index (χ1v) is 13.5. The lowest BCUT2D eigenvalue weighted by molar-refractivity contribution is -0.137. The van der Waals surface area contributed by atoms with Gasteiger partial charge in [-0.2, -0.15) is 23.6 Å². The van der Waals surface area contributed by atoms with Gasteiger partial charge < -0.3 is 19.9 Å². The number of aromatic nitrogens is 1. The molecule has 3 aliphatic rings. The minimum atomic E-state index is -4.55. The van der Waals surface area contributed by atoms with E-state index in [1.807, 2.05) is 60.5 Å². The Morgan fingerprint density at radius 1 is 1.05 bits per heavy atom. The fourth-order valence-corrected chi connectivity index (χ4v) is 5.12. The number of anilines is 2. The second kappa shape index (κ2) is 10.7. The number of nitrogens with zero attached hydrogens (tertiary/aromatic N) is 5. The molecule has 3 aliphatic heterocycles. The third kappa shape index (κ3) is 5.40. The molecule has 4 heterocycles. The molecule has 10 nitrogen and oxygen atoms in total. The number of benzene rings is 2. The maximum absolute atomic E-state index is 13.7. The molecule has 42 heavy (non-hydrogen) atoms. The summed E-state index contributed by atoms with van der Waals surface area (Å²) in [5.41, 5.74) is 6.85. The van der Waals surface area contributed by atoms with Crippen molar-refractivity contribution in [3.63, 3.8) is 0 Å². The van der Waals surface area contributed by atoms with Gasteiger partial charge in [0.2, 0.25) is 11.9 Å². The molecule has 1 aromatic heterocycles. The summed E-state index contributed by atoms with van der Waals surface area (Å²) in [6.07, 6.45) is -4.97. The quantitative estimate of drug-likeness (QED) is 0.436. The van der Waals surface area contributed by atoms with Crippen LogP contribution in [0.2, 0.25) is 0 Å². The highest BCUT2D eigenvalue weighted by Gasteiger charge is 2.43. The summed E-state index contributed by atoms with van der Waals surface area (Å²) < 4.78 is 47.1. The van der Waals surface area contributed by atoms with Crippen molar-refractivity contribution in [2.45, 2.75) is 25.0 Å². The van der Waals surface area contributed by atoms with Gasteiger partial charge in [0.25, 0.3) is 5.91 Å². The summed E-state index contributed by atoms with van der Waals surface area (Å²) in [7, 11) is 1.96. The second-order valence-corrected chi connectivity index (χ2v) is 10.5. The number of rotatable bonds is 4. The number of aliphatic imine (C=N–C) groups is 2. The summed E-state index contributed by atoms with van der Waals surface area (Å²) in [6, 6.07) is 17.8. The highest BCUT2D eigenvalue weighted by Crippen LogP contribution is 2.37. The minimum absolute atomic E-state index is 0.0502. The molecule has 0 saturated carbocycles. The van der Waals surface area contributed by atoms with Crippen LogP contribution < -0.4 is 21.1 Å². The van der Waals surface area contributed by atoms with E-state index in [0.717, 1.165) is 23.4 Å². The highest BCUT2D eigenvalue weighted by molar-refractivity contribution is 6.19. The number of carbonyl (C=O) groups is 1. The van der Waals surface area contributed by atoms with Crippen LogP contribution in [0.1, 0.15) is 29.3 Å². The number of carbonyl (C=O) groups excluding carboxylic acids is 1. The van der Waals surface area contributed by atoms with Gasteiger partial charge in [-0.15, -0.1) is 0 Å².